The maximum atomic E-state index is 12.1. The third-order valence-corrected chi connectivity index (χ3v) is 3.37. The van der Waals surface area contributed by atoms with Gasteiger partial charge in [0.2, 0.25) is 0 Å². The van der Waals surface area contributed by atoms with Gasteiger partial charge in [-0.2, -0.15) is 0 Å². The molecule has 1 aromatic carbocycles. The number of benzene rings is 1. The van der Waals surface area contributed by atoms with Crippen LogP contribution in [0.3, 0.4) is 0 Å². The fourth-order valence-corrected chi connectivity index (χ4v) is 2.35. The Balaban J connectivity index is 1.98. The van der Waals surface area contributed by atoms with Crippen LogP contribution in [0.15, 0.2) is 24.3 Å². The van der Waals surface area contributed by atoms with Crippen LogP contribution in [-0.2, 0) is 4.74 Å². The van der Waals surface area contributed by atoms with E-state index < -0.39 is 12.5 Å². The number of aliphatic hydroxyl groups excluding tert-OH is 1. The molecule has 1 aromatic rings. The standard InChI is InChI=1S/C14H17F3O3/c15-14(16,17)20-12-3-1-2-11(9-12)13(18)8-10-4-6-19-7-5-10/h1-3,9-10,13,18H,4-8H2. The number of ether oxygens (including phenoxy) is 2. The first-order valence-electron chi connectivity index (χ1n) is 6.55. The molecule has 0 amide bonds. The average molecular weight is 290 g/mol. The lowest BCUT2D eigenvalue weighted by atomic mass is 9.91. The van der Waals surface area contributed by atoms with E-state index in [2.05, 4.69) is 4.74 Å². The molecule has 0 spiro atoms. The van der Waals surface area contributed by atoms with Crippen LogP contribution in [0.1, 0.15) is 30.9 Å². The Labute approximate surface area is 115 Å². The lowest BCUT2D eigenvalue weighted by molar-refractivity contribution is -0.274. The summed E-state index contributed by atoms with van der Waals surface area (Å²) in [4.78, 5) is 0. The second-order valence-electron chi connectivity index (χ2n) is 4.93. The predicted octanol–water partition coefficient (Wildman–Crippen LogP) is 3.44. The zero-order valence-corrected chi connectivity index (χ0v) is 10.9. The van der Waals surface area contributed by atoms with Crippen LogP contribution < -0.4 is 4.74 Å². The summed E-state index contributed by atoms with van der Waals surface area (Å²) < 4.78 is 45.5. The summed E-state index contributed by atoms with van der Waals surface area (Å²) >= 11 is 0. The van der Waals surface area contributed by atoms with E-state index in [0.717, 1.165) is 12.8 Å². The van der Waals surface area contributed by atoms with Gasteiger partial charge >= 0.3 is 6.36 Å². The molecule has 20 heavy (non-hydrogen) atoms. The third-order valence-electron chi connectivity index (χ3n) is 3.37. The maximum absolute atomic E-state index is 12.1. The van der Waals surface area contributed by atoms with Crippen molar-refractivity contribution in [3.63, 3.8) is 0 Å². The zero-order valence-electron chi connectivity index (χ0n) is 10.9. The van der Waals surface area contributed by atoms with Crippen LogP contribution in [0.2, 0.25) is 0 Å². The number of hydrogen-bond acceptors (Lipinski definition) is 3. The summed E-state index contributed by atoms with van der Waals surface area (Å²) in [7, 11) is 0. The molecule has 0 radical (unpaired) electrons. The molecule has 1 saturated heterocycles. The van der Waals surface area contributed by atoms with Crippen LogP contribution in [0.5, 0.6) is 5.75 Å². The molecule has 1 heterocycles. The number of halogens is 3. The highest BCUT2D eigenvalue weighted by Crippen LogP contribution is 2.30. The first-order chi connectivity index (χ1) is 9.44. The number of alkyl halides is 3. The third kappa shape index (κ3) is 4.68. The highest BCUT2D eigenvalue weighted by Gasteiger charge is 2.31. The van der Waals surface area contributed by atoms with Crippen molar-refractivity contribution in [1.29, 1.82) is 0 Å². The van der Waals surface area contributed by atoms with E-state index in [0.29, 0.717) is 31.1 Å². The van der Waals surface area contributed by atoms with Gasteiger partial charge in [0.1, 0.15) is 5.75 Å². The molecule has 3 nitrogen and oxygen atoms in total. The fraction of sp³-hybridized carbons (Fsp3) is 0.571. The molecule has 0 bridgehead atoms. The Bertz CT molecular complexity index is 428. The van der Waals surface area contributed by atoms with Crippen molar-refractivity contribution in [1.82, 2.24) is 0 Å². The summed E-state index contributed by atoms with van der Waals surface area (Å²) in [5, 5.41) is 10.1. The van der Waals surface area contributed by atoms with E-state index in [-0.39, 0.29) is 5.75 Å². The van der Waals surface area contributed by atoms with Crippen molar-refractivity contribution in [2.75, 3.05) is 13.2 Å². The van der Waals surface area contributed by atoms with Gasteiger partial charge in [0.15, 0.2) is 0 Å². The molecule has 1 atom stereocenters. The Morgan fingerprint density at radius 1 is 1.30 bits per heavy atom. The lowest BCUT2D eigenvalue weighted by Crippen LogP contribution is -2.18. The molecule has 112 valence electrons. The van der Waals surface area contributed by atoms with E-state index in [4.69, 9.17) is 4.74 Å². The lowest BCUT2D eigenvalue weighted by Gasteiger charge is -2.24. The molecular formula is C14H17F3O3. The van der Waals surface area contributed by atoms with Crippen molar-refractivity contribution in [3.8, 4) is 5.75 Å². The average Bonchev–Trinajstić information content (AvgIpc) is 2.38. The second-order valence-corrected chi connectivity index (χ2v) is 4.93. The summed E-state index contributed by atoms with van der Waals surface area (Å²) in [5.41, 5.74) is 0.443. The van der Waals surface area contributed by atoms with Crippen LogP contribution in [-0.4, -0.2) is 24.7 Å². The van der Waals surface area contributed by atoms with Gasteiger partial charge < -0.3 is 14.6 Å². The smallest absolute Gasteiger partial charge is 0.406 e. The number of rotatable bonds is 4. The number of hydrogen-bond donors (Lipinski definition) is 1. The van der Waals surface area contributed by atoms with Crippen molar-refractivity contribution >= 4 is 0 Å². The summed E-state index contributed by atoms with van der Waals surface area (Å²) in [6.07, 6.45) is -3.23. The Kier molecular flexibility index (Phi) is 4.88. The van der Waals surface area contributed by atoms with E-state index in [1.54, 1.807) is 6.07 Å². The van der Waals surface area contributed by atoms with Gasteiger partial charge in [0.05, 0.1) is 6.10 Å². The number of aliphatic hydroxyl groups is 1. The van der Waals surface area contributed by atoms with Gasteiger partial charge in [-0.05, 0) is 42.9 Å². The minimum atomic E-state index is -4.72. The highest BCUT2D eigenvalue weighted by atomic mass is 19.4. The fourth-order valence-electron chi connectivity index (χ4n) is 2.35. The van der Waals surface area contributed by atoms with Crippen LogP contribution in [0.4, 0.5) is 13.2 Å². The summed E-state index contributed by atoms with van der Waals surface area (Å²) in [6.45, 7) is 1.35. The minimum Gasteiger partial charge on any atom is -0.406 e. The zero-order chi connectivity index (χ0) is 14.6. The monoisotopic (exact) mass is 290 g/mol. The van der Waals surface area contributed by atoms with Crippen LogP contribution in [0.25, 0.3) is 0 Å². The minimum absolute atomic E-state index is 0.305. The molecule has 0 aromatic heterocycles. The molecular weight excluding hydrogens is 273 g/mol. The van der Waals surface area contributed by atoms with Gasteiger partial charge in [0, 0.05) is 13.2 Å². The van der Waals surface area contributed by atoms with E-state index in [1.807, 2.05) is 0 Å². The maximum Gasteiger partial charge on any atom is 0.573 e. The molecule has 1 N–H and O–H groups in total. The largest absolute Gasteiger partial charge is 0.573 e. The second kappa shape index (κ2) is 6.45. The summed E-state index contributed by atoms with van der Waals surface area (Å²) in [6, 6.07) is 5.51. The van der Waals surface area contributed by atoms with Gasteiger partial charge in [-0.3, -0.25) is 0 Å². The van der Waals surface area contributed by atoms with Crippen molar-refractivity contribution < 1.29 is 27.8 Å². The molecule has 1 aliphatic heterocycles. The van der Waals surface area contributed by atoms with E-state index in [1.165, 1.54) is 18.2 Å². The van der Waals surface area contributed by atoms with Crippen molar-refractivity contribution in [2.24, 2.45) is 5.92 Å². The van der Waals surface area contributed by atoms with Crippen LogP contribution >= 0.6 is 0 Å². The van der Waals surface area contributed by atoms with E-state index in [9.17, 15) is 18.3 Å². The Morgan fingerprint density at radius 2 is 2.00 bits per heavy atom. The van der Waals surface area contributed by atoms with Gasteiger partial charge in [0.25, 0.3) is 0 Å². The van der Waals surface area contributed by atoms with E-state index >= 15 is 0 Å². The van der Waals surface area contributed by atoms with Gasteiger partial charge in [-0.25, -0.2) is 0 Å². The van der Waals surface area contributed by atoms with Gasteiger partial charge in [-0.15, -0.1) is 13.2 Å². The molecule has 1 aliphatic rings. The molecule has 1 fully saturated rings. The molecule has 1 unspecified atom stereocenters. The topological polar surface area (TPSA) is 38.7 Å². The van der Waals surface area contributed by atoms with Crippen LogP contribution in [0, 0.1) is 5.92 Å². The first-order valence-corrected chi connectivity index (χ1v) is 6.55. The quantitative estimate of drug-likeness (QED) is 0.923. The normalized spacial score (nSPS) is 18.8. The first kappa shape index (κ1) is 15.1. The van der Waals surface area contributed by atoms with Crippen molar-refractivity contribution in [3.05, 3.63) is 29.8 Å². The SMILES string of the molecule is OC(CC1CCOCC1)c1cccc(OC(F)(F)F)c1. The summed E-state index contributed by atoms with van der Waals surface area (Å²) in [5.74, 6) is 0.0342. The highest BCUT2D eigenvalue weighted by molar-refractivity contribution is 5.30. The Hall–Kier alpha value is -1.27. The predicted molar refractivity (Wildman–Crippen MR) is 66.2 cm³/mol. The molecule has 6 heteroatoms. The van der Waals surface area contributed by atoms with Crippen molar-refractivity contribution in [2.45, 2.75) is 31.7 Å². The molecule has 2 rings (SSSR count). The molecule has 0 saturated carbocycles. The molecule has 0 aliphatic carbocycles. The van der Waals surface area contributed by atoms with Gasteiger partial charge in [-0.1, -0.05) is 12.1 Å². The Morgan fingerprint density at radius 3 is 2.65 bits per heavy atom.